The maximum atomic E-state index is 12.3. The van der Waals surface area contributed by atoms with Gasteiger partial charge < -0.3 is 10.6 Å². The van der Waals surface area contributed by atoms with Crippen molar-refractivity contribution in [2.45, 2.75) is 26.3 Å². The van der Waals surface area contributed by atoms with Crippen LogP contribution in [0.3, 0.4) is 0 Å². The van der Waals surface area contributed by atoms with Gasteiger partial charge in [0.05, 0.1) is 0 Å². The largest absolute Gasteiger partial charge is 0.337 e. The monoisotopic (exact) mass is 232 g/mol. The molecule has 0 saturated carbocycles. The van der Waals surface area contributed by atoms with Crippen LogP contribution in [0.25, 0.3) is 0 Å². The lowest BCUT2D eigenvalue weighted by Crippen LogP contribution is -2.49. The molecule has 0 radical (unpaired) electrons. The molecule has 1 amide bonds. The predicted molar refractivity (Wildman–Crippen MR) is 68.8 cm³/mol. The van der Waals surface area contributed by atoms with Crippen LogP contribution in [0.1, 0.15) is 29.3 Å². The highest BCUT2D eigenvalue weighted by atomic mass is 16.2. The third-order valence-corrected chi connectivity index (χ3v) is 3.68. The van der Waals surface area contributed by atoms with Crippen LogP contribution in [0, 0.1) is 12.8 Å². The summed E-state index contributed by atoms with van der Waals surface area (Å²) in [6.45, 7) is 5.62. The summed E-state index contributed by atoms with van der Waals surface area (Å²) in [6.07, 6.45) is 0.999. The molecule has 3 nitrogen and oxygen atoms in total. The fraction of sp³-hybridized carbons (Fsp3) is 0.500. The molecule has 3 heteroatoms. The van der Waals surface area contributed by atoms with Gasteiger partial charge in [0.2, 0.25) is 0 Å². The number of piperidine rings is 1. The van der Waals surface area contributed by atoms with Crippen LogP contribution in [-0.2, 0) is 0 Å². The number of nitrogens with zero attached hydrogens (tertiary/aromatic N) is 1. The Morgan fingerprint density at radius 3 is 2.76 bits per heavy atom. The number of aryl methyl sites for hydroxylation is 1. The number of benzene rings is 1. The highest BCUT2D eigenvalue weighted by molar-refractivity contribution is 5.95. The van der Waals surface area contributed by atoms with Crippen molar-refractivity contribution in [3.63, 3.8) is 0 Å². The quantitative estimate of drug-likeness (QED) is 0.802. The molecule has 1 fully saturated rings. The van der Waals surface area contributed by atoms with E-state index in [1.807, 2.05) is 36.1 Å². The summed E-state index contributed by atoms with van der Waals surface area (Å²) in [5, 5.41) is 0. The molecule has 0 aliphatic carbocycles. The normalized spacial score (nSPS) is 24.8. The van der Waals surface area contributed by atoms with Gasteiger partial charge in [-0.25, -0.2) is 0 Å². The van der Waals surface area contributed by atoms with E-state index < -0.39 is 0 Å². The van der Waals surface area contributed by atoms with Gasteiger partial charge in [-0.15, -0.1) is 0 Å². The van der Waals surface area contributed by atoms with E-state index in [1.165, 1.54) is 0 Å². The molecule has 92 valence electrons. The summed E-state index contributed by atoms with van der Waals surface area (Å²) in [6, 6.07) is 7.83. The second kappa shape index (κ2) is 4.88. The maximum absolute atomic E-state index is 12.3. The summed E-state index contributed by atoms with van der Waals surface area (Å²) in [5.41, 5.74) is 7.86. The first kappa shape index (κ1) is 12.1. The van der Waals surface area contributed by atoms with Gasteiger partial charge in [0.15, 0.2) is 0 Å². The zero-order valence-electron chi connectivity index (χ0n) is 10.5. The number of hydrogen-bond donors (Lipinski definition) is 1. The minimum Gasteiger partial charge on any atom is -0.337 e. The number of rotatable bonds is 1. The molecule has 1 saturated heterocycles. The molecule has 1 aromatic rings. The van der Waals surface area contributed by atoms with Gasteiger partial charge in [-0.1, -0.05) is 25.1 Å². The Hall–Kier alpha value is -1.35. The van der Waals surface area contributed by atoms with Gasteiger partial charge in [0.25, 0.3) is 5.91 Å². The highest BCUT2D eigenvalue weighted by Crippen LogP contribution is 2.18. The van der Waals surface area contributed by atoms with Crippen LogP contribution in [0.15, 0.2) is 24.3 Å². The zero-order valence-corrected chi connectivity index (χ0v) is 10.5. The van der Waals surface area contributed by atoms with Crippen molar-refractivity contribution in [2.24, 2.45) is 11.7 Å². The molecule has 0 bridgehead atoms. The van der Waals surface area contributed by atoms with Crippen LogP contribution in [0.2, 0.25) is 0 Å². The van der Waals surface area contributed by atoms with Gasteiger partial charge in [-0.05, 0) is 30.9 Å². The van der Waals surface area contributed by atoms with E-state index in [1.54, 1.807) is 0 Å². The Morgan fingerprint density at radius 2 is 2.12 bits per heavy atom. The Bertz CT molecular complexity index is 416. The number of hydrogen-bond acceptors (Lipinski definition) is 2. The van der Waals surface area contributed by atoms with E-state index in [4.69, 9.17) is 5.73 Å². The van der Waals surface area contributed by atoms with Crippen molar-refractivity contribution in [1.29, 1.82) is 0 Å². The molecule has 2 unspecified atom stereocenters. The average Bonchev–Trinajstić information content (AvgIpc) is 2.32. The fourth-order valence-electron chi connectivity index (χ4n) is 2.27. The summed E-state index contributed by atoms with van der Waals surface area (Å²) in [5.74, 6) is 0.626. The van der Waals surface area contributed by atoms with Crippen molar-refractivity contribution in [1.82, 2.24) is 4.90 Å². The molecule has 2 rings (SSSR count). The number of carbonyl (C=O) groups excluding carboxylic acids is 1. The second-order valence-electron chi connectivity index (χ2n) is 5.00. The van der Waals surface area contributed by atoms with Crippen LogP contribution in [0.5, 0.6) is 0 Å². The number of carbonyl (C=O) groups is 1. The first-order valence-electron chi connectivity index (χ1n) is 6.20. The first-order chi connectivity index (χ1) is 8.09. The Labute approximate surface area is 103 Å². The number of nitrogens with two attached hydrogens (primary N) is 1. The van der Waals surface area contributed by atoms with E-state index in [2.05, 4.69) is 6.92 Å². The molecular weight excluding hydrogens is 212 g/mol. The van der Waals surface area contributed by atoms with Gasteiger partial charge >= 0.3 is 0 Å². The van der Waals surface area contributed by atoms with Crippen molar-refractivity contribution in [3.8, 4) is 0 Å². The first-order valence-corrected chi connectivity index (χ1v) is 6.20. The minimum absolute atomic E-state index is 0.108. The molecule has 1 aliphatic rings. The topological polar surface area (TPSA) is 46.3 Å². The Morgan fingerprint density at radius 1 is 1.41 bits per heavy atom. The highest BCUT2D eigenvalue weighted by Gasteiger charge is 2.27. The van der Waals surface area contributed by atoms with E-state index in [-0.39, 0.29) is 11.9 Å². The fourth-order valence-corrected chi connectivity index (χ4v) is 2.27. The molecule has 1 heterocycles. The van der Waals surface area contributed by atoms with Crippen molar-refractivity contribution in [2.75, 3.05) is 13.1 Å². The maximum Gasteiger partial charge on any atom is 0.254 e. The smallest absolute Gasteiger partial charge is 0.254 e. The molecule has 0 aromatic heterocycles. The predicted octanol–water partition coefficient (Wildman–Crippen LogP) is 1.80. The summed E-state index contributed by atoms with van der Waals surface area (Å²) in [4.78, 5) is 14.2. The third kappa shape index (κ3) is 2.50. The van der Waals surface area contributed by atoms with Crippen LogP contribution >= 0.6 is 0 Å². The molecule has 2 N–H and O–H groups in total. The van der Waals surface area contributed by atoms with Gasteiger partial charge in [0.1, 0.15) is 0 Å². The van der Waals surface area contributed by atoms with E-state index in [0.717, 1.165) is 24.1 Å². The van der Waals surface area contributed by atoms with Crippen molar-refractivity contribution in [3.05, 3.63) is 35.4 Å². The molecular formula is C14H20N2O. The van der Waals surface area contributed by atoms with E-state index >= 15 is 0 Å². The van der Waals surface area contributed by atoms with Gasteiger partial charge in [-0.3, -0.25) is 4.79 Å². The average molecular weight is 232 g/mol. The SMILES string of the molecule is Cc1ccccc1C(=O)N1CCC(C)C(N)C1. The standard InChI is InChI=1S/C14H20N2O/c1-10-5-3-4-6-12(10)14(17)16-8-7-11(2)13(15)9-16/h3-6,11,13H,7-9,15H2,1-2H3. The van der Waals surface area contributed by atoms with Gasteiger partial charge in [0, 0.05) is 24.7 Å². The lowest BCUT2D eigenvalue weighted by Gasteiger charge is -2.35. The molecule has 1 aliphatic heterocycles. The number of amides is 1. The number of likely N-dealkylation sites (tertiary alicyclic amines) is 1. The van der Waals surface area contributed by atoms with E-state index in [9.17, 15) is 4.79 Å². The summed E-state index contributed by atoms with van der Waals surface area (Å²) >= 11 is 0. The second-order valence-corrected chi connectivity index (χ2v) is 5.00. The molecule has 1 aromatic carbocycles. The summed E-state index contributed by atoms with van der Waals surface area (Å²) < 4.78 is 0. The van der Waals surface area contributed by atoms with Gasteiger partial charge in [-0.2, -0.15) is 0 Å². The zero-order chi connectivity index (χ0) is 12.4. The molecule has 2 atom stereocenters. The Kier molecular flexibility index (Phi) is 3.48. The Balaban J connectivity index is 2.14. The van der Waals surface area contributed by atoms with Crippen LogP contribution in [0.4, 0.5) is 0 Å². The molecule has 17 heavy (non-hydrogen) atoms. The lowest BCUT2D eigenvalue weighted by atomic mass is 9.93. The van der Waals surface area contributed by atoms with E-state index in [0.29, 0.717) is 12.5 Å². The van der Waals surface area contributed by atoms with Crippen LogP contribution < -0.4 is 5.73 Å². The van der Waals surface area contributed by atoms with Crippen molar-refractivity contribution < 1.29 is 4.79 Å². The molecule has 0 spiro atoms. The minimum atomic E-state index is 0.108. The third-order valence-electron chi connectivity index (χ3n) is 3.68. The lowest BCUT2D eigenvalue weighted by molar-refractivity contribution is 0.0671. The van der Waals surface area contributed by atoms with Crippen LogP contribution in [-0.4, -0.2) is 29.9 Å². The summed E-state index contributed by atoms with van der Waals surface area (Å²) in [7, 11) is 0. The van der Waals surface area contributed by atoms with Crippen molar-refractivity contribution >= 4 is 5.91 Å².